The summed E-state index contributed by atoms with van der Waals surface area (Å²) in [6.07, 6.45) is 4.03. The molecule has 0 radical (unpaired) electrons. The molecule has 0 unspecified atom stereocenters. The number of piperidine rings is 1. The van der Waals surface area contributed by atoms with Crippen LogP contribution in [0.25, 0.3) is 0 Å². The first kappa shape index (κ1) is 15.4. The van der Waals surface area contributed by atoms with E-state index in [1.165, 1.54) is 43.5 Å². The number of methoxy groups -OCH3 is 3. The predicted octanol–water partition coefficient (Wildman–Crippen LogP) is -0.101. The number of ether oxygens (including phenoxy) is 3. The van der Waals surface area contributed by atoms with Crippen molar-refractivity contribution in [1.29, 1.82) is 0 Å². The first-order chi connectivity index (χ1) is 10.8. The summed E-state index contributed by atoms with van der Waals surface area (Å²) < 4.78 is 16.9. The summed E-state index contributed by atoms with van der Waals surface area (Å²) in [5.74, 6) is 2.36. The molecule has 3 rings (SSSR count). The van der Waals surface area contributed by atoms with Crippen LogP contribution < -0.4 is 24.4 Å². The van der Waals surface area contributed by atoms with Gasteiger partial charge in [0.05, 0.1) is 40.0 Å². The van der Waals surface area contributed by atoms with Crippen LogP contribution >= 0.6 is 0 Å². The smallest absolute Gasteiger partial charge is 0.203 e. The van der Waals surface area contributed by atoms with E-state index in [0.717, 1.165) is 30.3 Å². The lowest BCUT2D eigenvalue weighted by Crippen LogP contribution is -3.16. The highest BCUT2D eigenvalue weighted by atomic mass is 16.5. The van der Waals surface area contributed by atoms with Gasteiger partial charge in [0.1, 0.15) is 13.1 Å². The molecule has 2 aliphatic heterocycles. The third-order valence-electron chi connectivity index (χ3n) is 5.06. The predicted molar refractivity (Wildman–Crippen MR) is 83.9 cm³/mol. The van der Waals surface area contributed by atoms with E-state index in [4.69, 9.17) is 14.2 Å². The molecule has 0 saturated carbocycles. The maximum absolute atomic E-state index is 5.77. The standard InChI is InChI=1S/C17H26N2O3/c1-20-14-9-12-10-18-11-13(19-7-5-4-6-8-19)15(12)17(22-3)16(14)21-2/h9,13,18H,4-8,10-11H2,1-3H3/p+2/t13-/m1/s1. The number of rotatable bonds is 4. The quantitative estimate of drug-likeness (QED) is 0.817. The minimum Gasteiger partial charge on any atom is -0.493 e. The van der Waals surface area contributed by atoms with Crippen molar-refractivity contribution in [3.63, 3.8) is 0 Å². The molecule has 1 aromatic carbocycles. The van der Waals surface area contributed by atoms with Gasteiger partial charge in [-0.25, -0.2) is 0 Å². The van der Waals surface area contributed by atoms with E-state index >= 15 is 0 Å². The number of nitrogens with two attached hydrogens (primary N) is 1. The number of quaternary nitrogens is 2. The van der Waals surface area contributed by atoms with Gasteiger partial charge in [-0.05, 0) is 25.3 Å². The number of likely N-dealkylation sites (tertiary alicyclic amines) is 1. The summed E-state index contributed by atoms with van der Waals surface area (Å²) in [5, 5.41) is 2.40. The molecule has 1 saturated heterocycles. The molecule has 0 bridgehead atoms. The van der Waals surface area contributed by atoms with E-state index in [-0.39, 0.29) is 0 Å². The van der Waals surface area contributed by atoms with Crippen molar-refractivity contribution in [2.45, 2.75) is 31.8 Å². The maximum atomic E-state index is 5.77. The molecule has 0 amide bonds. The van der Waals surface area contributed by atoms with E-state index in [0.29, 0.717) is 6.04 Å². The number of fused-ring (bicyclic) bond motifs is 1. The molecule has 122 valence electrons. The Morgan fingerprint density at radius 3 is 2.36 bits per heavy atom. The Bertz CT molecular complexity index is 527. The largest absolute Gasteiger partial charge is 0.493 e. The summed E-state index contributed by atoms with van der Waals surface area (Å²) in [7, 11) is 5.10. The van der Waals surface area contributed by atoms with Crippen molar-refractivity contribution >= 4 is 0 Å². The van der Waals surface area contributed by atoms with Gasteiger partial charge >= 0.3 is 0 Å². The Morgan fingerprint density at radius 1 is 1.00 bits per heavy atom. The van der Waals surface area contributed by atoms with Crippen molar-refractivity contribution in [2.75, 3.05) is 41.0 Å². The van der Waals surface area contributed by atoms with Crippen LogP contribution in [-0.4, -0.2) is 41.0 Å². The average molecular weight is 308 g/mol. The average Bonchev–Trinajstić information content (AvgIpc) is 2.60. The zero-order valence-electron chi connectivity index (χ0n) is 13.9. The number of hydrogen-bond acceptors (Lipinski definition) is 3. The molecule has 2 aliphatic rings. The molecular weight excluding hydrogens is 280 g/mol. The lowest BCUT2D eigenvalue weighted by atomic mass is 9.92. The van der Waals surface area contributed by atoms with Gasteiger partial charge in [-0.1, -0.05) is 0 Å². The lowest BCUT2D eigenvalue weighted by Gasteiger charge is -2.35. The van der Waals surface area contributed by atoms with Gasteiger partial charge in [0.25, 0.3) is 0 Å². The van der Waals surface area contributed by atoms with Gasteiger partial charge in [0, 0.05) is 5.56 Å². The SMILES string of the molecule is COc1cc2c(c(OC)c1OC)[C@H]([NH+]1CCCCC1)C[NH2+]C2. The minimum atomic E-state index is 0.485. The zero-order valence-corrected chi connectivity index (χ0v) is 13.9. The molecule has 0 spiro atoms. The van der Waals surface area contributed by atoms with E-state index in [1.54, 1.807) is 26.2 Å². The van der Waals surface area contributed by atoms with Crippen LogP contribution in [-0.2, 0) is 6.54 Å². The molecular formula is C17H28N2O3+2. The first-order valence-corrected chi connectivity index (χ1v) is 8.28. The van der Waals surface area contributed by atoms with E-state index in [1.807, 2.05) is 0 Å². The van der Waals surface area contributed by atoms with Gasteiger partial charge < -0.3 is 24.4 Å². The van der Waals surface area contributed by atoms with Crippen LogP contribution in [0.15, 0.2) is 6.07 Å². The fourth-order valence-electron chi connectivity index (χ4n) is 4.03. The van der Waals surface area contributed by atoms with Gasteiger partial charge in [-0.2, -0.15) is 0 Å². The van der Waals surface area contributed by atoms with Gasteiger partial charge in [-0.15, -0.1) is 0 Å². The lowest BCUT2D eigenvalue weighted by molar-refractivity contribution is -0.952. The molecule has 3 N–H and O–H groups in total. The molecule has 22 heavy (non-hydrogen) atoms. The van der Waals surface area contributed by atoms with E-state index < -0.39 is 0 Å². The molecule has 5 nitrogen and oxygen atoms in total. The topological polar surface area (TPSA) is 48.7 Å². The summed E-state index contributed by atoms with van der Waals surface area (Å²) in [6.45, 7) is 4.62. The van der Waals surface area contributed by atoms with Crippen LogP contribution in [0.1, 0.15) is 36.4 Å². The summed E-state index contributed by atoms with van der Waals surface area (Å²) in [6, 6.07) is 2.61. The molecule has 1 fully saturated rings. The number of hydrogen-bond donors (Lipinski definition) is 2. The Kier molecular flexibility index (Phi) is 4.74. The highest BCUT2D eigenvalue weighted by Crippen LogP contribution is 2.44. The van der Waals surface area contributed by atoms with Crippen molar-refractivity contribution in [3.8, 4) is 17.2 Å². The van der Waals surface area contributed by atoms with Crippen LogP contribution in [0, 0.1) is 0 Å². The van der Waals surface area contributed by atoms with Gasteiger partial charge in [0.2, 0.25) is 5.75 Å². The highest BCUT2D eigenvalue weighted by Gasteiger charge is 2.37. The molecule has 2 heterocycles. The van der Waals surface area contributed by atoms with Crippen LogP contribution in [0.2, 0.25) is 0 Å². The Balaban J connectivity index is 2.07. The third-order valence-corrected chi connectivity index (χ3v) is 5.06. The summed E-state index contributed by atoms with van der Waals surface area (Å²) >= 11 is 0. The second-order valence-corrected chi connectivity index (χ2v) is 6.22. The van der Waals surface area contributed by atoms with Crippen molar-refractivity contribution in [2.24, 2.45) is 0 Å². The normalized spacial score (nSPS) is 22.0. The fourth-order valence-corrected chi connectivity index (χ4v) is 4.03. The Labute approximate surface area is 132 Å². The van der Waals surface area contributed by atoms with Crippen molar-refractivity contribution < 1.29 is 24.4 Å². The van der Waals surface area contributed by atoms with Crippen LogP contribution in [0.4, 0.5) is 0 Å². The molecule has 1 aromatic rings. The summed E-state index contributed by atoms with van der Waals surface area (Å²) in [5.41, 5.74) is 2.66. The van der Waals surface area contributed by atoms with Gasteiger partial charge in [0.15, 0.2) is 17.5 Å². The van der Waals surface area contributed by atoms with Gasteiger partial charge in [-0.3, -0.25) is 0 Å². The molecule has 5 heteroatoms. The monoisotopic (exact) mass is 308 g/mol. The number of benzene rings is 1. The Morgan fingerprint density at radius 2 is 1.73 bits per heavy atom. The highest BCUT2D eigenvalue weighted by molar-refractivity contribution is 5.60. The first-order valence-electron chi connectivity index (χ1n) is 8.28. The minimum absolute atomic E-state index is 0.485. The second kappa shape index (κ2) is 6.75. The molecule has 0 aromatic heterocycles. The fraction of sp³-hybridized carbons (Fsp3) is 0.647. The number of nitrogens with one attached hydrogen (secondary N) is 1. The maximum Gasteiger partial charge on any atom is 0.203 e. The molecule has 1 atom stereocenters. The van der Waals surface area contributed by atoms with Crippen LogP contribution in [0.5, 0.6) is 17.2 Å². The van der Waals surface area contributed by atoms with Crippen molar-refractivity contribution in [1.82, 2.24) is 0 Å². The van der Waals surface area contributed by atoms with E-state index in [2.05, 4.69) is 11.4 Å². The van der Waals surface area contributed by atoms with Crippen molar-refractivity contribution in [3.05, 3.63) is 17.2 Å². The summed E-state index contributed by atoms with van der Waals surface area (Å²) in [4.78, 5) is 1.69. The zero-order chi connectivity index (χ0) is 15.5. The van der Waals surface area contributed by atoms with Crippen LogP contribution in [0.3, 0.4) is 0 Å². The third kappa shape index (κ3) is 2.63. The Hall–Kier alpha value is -1.46. The second-order valence-electron chi connectivity index (χ2n) is 6.22. The molecule has 0 aliphatic carbocycles. The van der Waals surface area contributed by atoms with E-state index in [9.17, 15) is 0 Å².